The molecule has 2 N–H and O–H groups in total. The molecule has 0 saturated carbocycles. The lowest BCUT2D eigenvalue weighted by Crippen LogP contribution is -2.02. The van der Waals surface area contributed by atoms with Crippen LogP contribution in [0.4, 0.5) is 0 Å². The number of hydrogen-bond donors (Lipinski definition) is 1. The van der Waals surface area contributed by atoms with Gasteiger partial charge in [0.25, 0.3) is 0 Å². The zero-order valence-corrected chi connectivity index (χ0v) is 10.7. The number of rotatable bonds is 3. The molecule has 80 valence electrons. The molecule has 15 heavy (non-hydrogen) atoms. The molecule has 2 aromatic rings. The van der Waals surface area contributed by atoms with Crippen molar-refractivity contribution in [3.05, 3.63) is 33.5 Å². The number of thiophene rings is 2. The van der Waals surface area contributed by atoms with Crippen LogP contribution in [0.2, 0.25) is 0 Å². The van der Waals surface area contributed by atoms with E-state index in [0.717, 1.165) is 13.0 Å². The molecule has 1 nitrogen and oxygen atoms in total. The Labute approximate surface area is 98.6 Å². The molecule has 0 bridgehead atoms. The van der Waals surface area contributed by atoms with Gasteiger partial charge in [-0.15, -0.1) is 22.7 Å². The summed E-state index contributed by atoms with van der Waals surface area (Å²) in [5.41, 5.74) is 7.03. The Morgan fingerprint density at radius 3 is 2.53 bits per heavy atom. The molecule has 2 heterocycles. The summed E-state index contributed by atoms with van der Waals surface area (Å²) in [5, 5.41) is 0. The largest absolute Gasteiger partial charge is 0.330 e. The summed E-state index contributed by atoms with van der Waals surface area (Å²) in [5.74, 6) is 0. The zero-order valence-electron chi connectivity index (χ0n) is 9.04. The Hall–Kier alpha value is -0.640. The highest BCUT2D eigenvalue weighted by atomic mass is 32.1. The van der Waals surface area contributed by atoms with E-state index in [-0.39, 0.29) is 0 Å². The Morgan fingerprint density at radius 1 is 1.13 bits per heavy atom. The lowest BCUT2D eigenvalue weighted by atomic mass is 10.1. The van der Waals surface area contributed by atoms with E-state index in [0.29, 0.717) is 0 Å². The average Bonchev–Trinajstić information content (AvgIpc) is 2.73. The summed E-state index contributed by atoms with van der Waals surface area (Å²) in [7, 11) is 0. The van der Waals surface area contributed by atoms with Crippen LogP contribution in [0.1, 0.15) is 15.3 Å². The monoisotopic (exact) mass is 237 g/mol. The summed E-state index contributed by atoms with van der Waals surface area (Å²) < 4.78 is 0. The van der Waals surface area contributed by atoms with Crippen molar-refractivity contribution < 1.29 is 0 Å². The highest BCUT2D eigenvalue weighted by molar-refractivity contribution is 7.22. The van der Waals surface area contributed by atoms with Gasteiger partial charge in [-0.25, -0.2) is 0 Å². The summed E-state index contributed by atoms with van der Waals surface area (Å²) in [6.07, 6.45) is 0.983. The average molecular weight is 237 g/mol. The maximum Gasteiger partial charge on any atom is 0.0477 e. The summed E-state index contributed by atoms with van der Waals surface area (Å²) in [6, 6.07) is 6.66. The molecule has 0 atom stereocenters. The van der Waals surface area contributed by atoms with Crippen LogP contribution in [-0.4, -0.2) is 6.54 Å². The molecule has 0 aliphatic rings. The Bertz CT molecular complexity index is 454. The minimum atomic E-state index is 0.730. The van der Waals surface area contributed by atoms with E-state index in [2.05, 4.69) is 32.0 Å². The Balaban J connectivity index is 2.42. The first kappa shape index (κ1) is 10.9. The molecular formula is C12H15NS2. The van der Waals surface area contributed by atoms with Crippen molar-refractivity contribution >= 4 is 22.7 Å². The maximum absolute atomic E-state index is 5.63. The molecule has 2 rings (SSSR count). The van der Waals surface area contributed by atoms with E-state index in [1.807, 2.05) is 22.7 Å². The predicted octanol–water partition coefficient (Wildman–Crippen LogP) is 3.59. The molecule has 0 aromatic carbocycles. The molecule has 0 radical (unpaired) electrons. The van der Waals surface area contributed by atoms with Crippen molar-refractivity contribution in [2.45, 2.75) is 20.3 Å². The normalized spacial score (nSPS) is 10.9. The molecule has 0 spiro atoms. The first-order valence-corrected chi connectivity index (χ1v) is 6.70. The van der Waals surface area contributed by atoms with E-state index in [1.54, 1.807) is 0 Å². The van der Waals surface area contributed by atoms with Gasteiger partial charge in [0.15, 0.2) is 0 Å². The van der Waals surface area contributed by atoms with Crippen LogP contribution in [0.15, 0.2) is 18.2 Å². The van der Waals surface area contributed by atoms with Crippen LogP contribution in [0.25, 0.3) is 9.75 Å². The molecule has 0 aliphatic heterocycles. The molecule has 0 saturated heterocycles. The van der Waals surface area contributed by atoms with Gasteiger partial charge in [0, 0.05) is 19.5 Å². The smallest absolute Gasteiger partial charge is 0.0477 e. The van der Waals surface area contributed by atoms with Crippen molar-refractivity contribution in [1.29, 1.82) is 0 Å². The van der Waals surface area contributed by atoms with Crippen molar-refractivity contribution in [3.8, 4) is 9.75 Å². The first-order chi connectivity index (χ1) is 7.20. The van der Waals surface area contributed by atoms with Gasteiger partial charge in [0.1, 0.15) is 0 Å². The fraction of sp³-hybridized carbons (Fsp3) is 0.333. The van der Waals surface area contributed by atoms with Crippen LogP contribution < -0.4 is 5.73 Å². The minimum absolute atomic E-state index is 0.730. The predicted molar refractivity (Wildman–Crippen MR) is 69.9 cm³/mol. The van der Waals surface area contributed by atoms with E-state index in [4.69, 9.17) is 5.73 Å². The highest BCUT2D eigenvalue weighted by Crippen LogP contribution is 2.36. The second-order valence-electron chi connectivity index (χ2n) is 3.66. The quantitative estimate of drug-likeness (QED) is 0.867. The number of hydrogen-bond acceptors (Lipinski definition) is 3. The van der Waals surface area contributed by atoms with Crippen LogP contribution in [-0.2, 0) is 6.42 Å². The molecule has 0 aliphatic carbocycles. The van der Waals surface area contributed by atoms with Gasteiger partial charge in [-0.05, 0) is 50.6 Å². The van der Waals surface area contributed by atoms with E-state index in [9.17, 15) is 0 Å². The van der Waals surface area contributed by atoms with Crippen LogP contribution >= 0.6 is 22.7 Å². The van der Waals surface area contributed by atoms with E-state index >= 15 is 0 Å². The standard InChI is InChI=1S/C12H15NS2/c1-8-3-4-11(14-8)12-10(5-6-13)7-9(2)15-12/h3-4,7H,5-6,13H2,1-2H3. The lowest BCUT2D eigenvalue weighted by molar-refractivity contribution is 0.975. The van der Waals surface area contributed by atoms with Crippen molar-refractivity contribution in [2.75, 3.05) is 6.54 Å². The highest BCUT2D eigenvalue weighted by Gasteiger charge is 2.10. The lowest BCUT2D eigenvalue weighted by Gasteiger charge is -1.98. The van der Waals surface area contributed by atoms with Crippen molar-refractivity contribution in [3.63, 3.8) is 0 Å². The second-order valence-corrected chi connectivity index (χ2v) is 6.20. The van der Waals surface area contributed by atoms with E-state index < -0.39 is 0 Å². The van der Waals surface area contributed by atoms with Gasteiger partial charge in [-0.3, -0.25) is 0 Å². The number of aryl methyl sites for hydroxylation is 2. The van der Waals surface area contributed by atoms with Crippen LogP contribution in [0, 0.1) is 13.8 Å². The summed E-state index contributed by atoms with van der Waals surface area (Å²) in [4.78, 5) is 5.54. The molecular weight excluding hydrogens is 222 g/mol. The Morgan fingerprint density at radius 2 is 1.93 bits per heavy atom. The van der Waals surface area contributed by atoms with Gasteiger partial charge >= 0.3 is 0 Å². The van der Waals surface area contributed by atoms with Gasteiger partial charge in [0.2, 0.25) is 0 Å². The van der Waals surface area contributed by atoms with Crippen molar-refractivity contribution in [2.24, 2.45) is 5.73 Å². The minimum Gasteiger partial charge on any atom is -0.330 e. The third-order valence-corrected chi connectivity index (χ3v) is 4.58. The zero-order chi connectivity index (χ0) is 10.8. The van der Waals surface area contributed by atoms with Gasteiger partial charge in [-0.2, -0.15) is 0 Å². The van der Waals surface area contributed by atoms with Gasteiger partial charge in [-0.1, -0.05) is 0 Å². The number of nitrogens with two attached hydrogens (primary N) is 1. The fourth-order valence-corrected chi connectivity index (χ4v) is 3.75. The third kappa shape index (κ3) is 2.30. The second kappa shape index (κ2) is 4.47. The third-order valence-electron chi connectivity index (χ3n) is 2.31. The van der Waals surface area contributed by atoms with Gasteiger partial charge in [0.05, 0.1) is 0 Å². The van der Waals surface area contributed by atoms with E-state index in [1.165, 1.54) is 25.1 Å². The molecule has 0 amide bonds. The maximum atomic E-state index is 5.63. The van der Waals surface area contributed by atoms with Gasteiger partial charge < -0.3 is 5.73 Å². The topological polar surface area (TPSA) is 26.0 Å². The van der Waals surface area contributed by atoms with Crippen LogP contribution in [0.5, 0.6) is 0 Å². The molecule has 0 unspecified atom stereocenters. The summed E-state index contributed by atoms with van der Waals surface area (Å²) >= 11 is 3.74. The molecule has 2 aromatic heterocycles. The molecule has 0 fully saturated rings. The molecule has 3 heteroatoms. The van der Waals surface area contributed by atoms with Crippen molar-refractivity contribution in [1.82, 2.24) is 0 Å². The fourth-order valence-electron chi connectivity index (χ4n) is 1.67. The first-order valence-electron chi connectivity index (χ1n) is 5.07. The van der Waals surface area contributed by atoms with Crippen LogP contribution in [0.3, 0.4) is 0 Å². The summed E-state index contributed by atoms with van der Waals surface area (Å²) in [6.45, 7) is 5.04. The Kier molecular flexibility index (Phi) is 3.24. The SMILES string of the molecule is Cc1ccc(-c2sc(C)cc2CCN)s1.